The summed E-state index contributed by atoms with van der Waals surface area (Å²) < 4.78 is 20.3. The molecule has 1 saturated heterocycles. The van der Waals surface area contributed by atoms with Crippen molar-refractivity contribution in [2.45, 2.75) is 24.8 Å². The van der Waals surface area contributed by atoms with Gasteiger partial charge in [-0.1, -0.05) is 12.1 Å². The predicted molar refractivity (Wildman–Crippen MR) is 141 cm³/mol. The number of aromatic hydroxyl groups is 2. The van der Waals surface area contributed by atoms with Crippen LogP contribution in [0.2, 0.25) is 0 Å². The van der Waals surface area contributed by atoms with E-state index in [1.54, 1.807) is 0 Å². The number of phenols is 2. The molecule has 17 heteroatoms. The normalized spacial score (nSPS) is 17.3. The standard InChI is InChI=1S/C25H27BFN5O10/c27-15-10-13(33)11-16(34)18(15)19(30-25(40)32-8-7-31(6-2-5-28)22(36)23(32)37)21(35)29-17-9-12-3-1-4-14(24(38)39)20(12)42-26(17)41/h1,3-4,10-11,17,19,33-34,41H,2,5-9,28H2,(H,29,35)(H,30,40)(H,38,39)/t17-,19?/m0/s1. The van der Waals surface area contributed by atoms with Crippen LogP contribution in [0.25, 0.3) is 0 Å². The number of halogens is 1. The number of benzene rings is 2. The van der Waals surface area contributed by atoms with Gasteiger partial charge < -0.3 is 46.3 Å². The van der Waals surface area contributed by atoms with Crippen LogP contribution in [0.15, 0.2) is 30.3 Å². The number of carbonyl (C=O) groups excluding carboxylic acids is 4. The molecule has 0 radical (unpaired) electrons. The van der Waals surface area contributed by atoms with Crippen LogP contribution in [0.3, 0.4) is 0 Å². The highest BCUT2D eigenvalue weighted by Gasteiger charge is 2.42. The van der Waals surface area contributed by atoms with Crippen LogP contribution in [0, 0.1) is 5.82 Å². The molecule has 4 rings (SSSR count). The van der Waals surface area contributed by atoms with Crippen LogP contribution in [0.4, 0.5) is 9.18 Å². The van der Waals surface area contributed by atoms with Gasteiger partial charge in [-0.25, -0.2) is 14.0 Å². The zero-order valence-corrected chi connectivity index (χ0v) is 21.9. The summed E-state index contributed by atoms with van der Waals surface area (Å²) in [5.74, 6) is -8.90. The van der Waals surface area contributed by atoms with Crippen LogP contribution in [-0.2, 0) is 20.8 Å². The lowest BCUT2D eigenvalue weighted by atomic mass is 9.72. The number of nitrogens with zero attached hydrogens (tertiary/aromatic N) is 2. The first-order valence-electron chi connectivity index (χ1n) is 12.8. The number of rotatable bonds is 8. The van der Waals surface area contributed by atoms with Gasteiger partial charge in [-0.15, -0.1) is 0 Å². The number of carboxylic acid groups (broad SMARTS) is 1. The Kier molecular flexibility index (Phi) is 8.82. The molecule has 42 heavy (non-hydrogen) atoms. The second-order valence-corrected chi connectivity index (χ2v) is 9.56. The molecule has 0 spiro atoms. The number of carboxylic acids is 1. The fourth-order valence-corrected chi connectivity index (χ4v) is 4.69. The number of carbonyl (C=O) groups is 5. The van der Waals surface area contributed by atoms with Gasteiger partial charge in [0.1, 0.15) is 29.1 Å². The van der Waals surface area contributed by atoms with E-state index >= 15 is 0 Å². The third-order valence-electron chi connectivity index (χ3n) is 6.77. The number of para-hydroxylation sites is 1. The minimum absolute atomic E-state index is 0.0168. The summed E-state index contributed by atoms with van der Waals surface area (Å²) in [6, 6.07) is 2.22. The maximum absolute atomic E-state index is 15.0. The zero-order chi connectivity index (χ0) is 30.7. The highest BCUT2D eigenvalue weighted by Crippen LogP contribution is 2.33. The number of nitrogens with two attached hydrogens (primary N) is 1. The third kappa shape index (κ3) is 6.06. The number of fused-ring (bicyclic) bond motifs is 1. The minimum atomic E-state index is -2.03. The van der Waals surface area contributed by atoms with Crippen molar-refractivity contribution in [3.05, 3.63) is 52.8 Å². The Morgan fingerprint density at radius 1 is 1.17 bits per heavy atom. The van der Waals surface area contributed by atoms with Crippen molar-refractivity contribution >= 4 is 36.8 Å². The van der Waals surface area contributed by atoms with E-state index in [2.05, 4.69) is 10.6 Å². The highest BCUT2D eigenvalue weighted by molar-refractivity contribution is 6.47. The Balaban J connectivity index is 1.59. The van der Waals surface area contributed by atoms with E-state index in [9.17, 15) is 48.7 Å². The molecule has 8 N–H and O–H groups in total. The molecule has 0 bridgehead atoms. The van der Waals surface area contributed by atoms with E-state index in [0.717, 1.165) is 6.07 Å². The number of amides is 5. The number of piperazine rings is 1. The second-order valence-electron chi connectivity index (χ2n) is 9.56. The van der Waals surface area contributed by atoms with Crippen molar-refractivity contribution in [3.8, 4) is 17.2 Å². The number of nitrogens with one attached hydrogen (secondary N) is 2. The summed E-state index contributed by atoms with van der Waals surface area (Å²) in [6.07, 6.45) is 0.289. The van der Waals surface area contributed by atoms with Crippen LogP contribution in [-0.4, -0.2) is 99.1 Å². The monoisotopic (exact) mass is 587 g/mol. The van der Waals surface area contributed by atoms with Crippen molar-refractivity contribution in [1.82, 2.24) is 20.4 Å². The van der Waals surface area contributed by atoms with Gasteiger partial charge in [-0.05, 0) is 31.0 Å². The first kappa shape index (κ1) is 30.1. The van der Waals surface area contributed by atoms with Crippen LogP contribution < -0.4 is 21.0 Å². The molecule has 2 atom stereocenters. The number of imide groups is 1. The molecule has 2 aliphatic heterocycles. The van der Waals surface area contributed by atoms with Crippen LogP contribution in [0.1, 0.15) is 33.9 Å². The number of urea groups is 1. The summed E-state index contributed by atoms with van der Waals surface area (Å²) in [4.78, 5) is 64.9. The minimum Gasteiger partial charge on any atom is -0.534 e. The maximum Gasteiger partial charge on any atom is 0.547 e. The third-order valence-corrected chi connectivity index (χ3v) is 6.77. The van der Waals surface area contributed by atoms with E-state index < -0.39 is 71.7 Å². The molecule has 2 aliphatic rings. The lowest BCUT2D eigenvalue weighted by molar-refractivity contribution is -0.153. The van der Waals surface area contributed by atoms with Crippen molar-refractivity contribution in [3.63, 3.8) is 0 Å². The van der Waals surface area contributed by atoms with Gasteiger partial charge in [-0.3, -0.25) is 19.3 Å². The molecule has 15 nitrogen and oxygen atoms in total. The largest absolute Gasteiger partial charge is 0.547 e. The number of aromatic carboxylic acids is 1. The SMILES string of the molecule is NCCCN1CCN(C(=O)NC(C(=O)N[C@H]2Cc3cccc(C(=O)O)c3OB2O)c2c(O)cc(O)cc2F)C(=O)C1=O. The van der Waals surface area contributed by atoms with Crippen molar-refractivity contribution in [2.75, 3.05) is 26.2 Å². The molecule has 1 fully saturated rings. The quantitative estimate of drug-likeness (QED) is 0.144. The Bertz CT molecular complexity index is 1420. The van der Waals surface area contributed by atoms with Gasteiger partial charge in [0.15, 0.2) is 0 Å². The topological polar surface area (TPSA) is 232 Å². The van der Waals surface area contributed by atoms with Crippen LogP contribution in [0.5, 0.6) is 17.2 Å². The molecular formula is C25H27BFN5O10. The Hall–Kier alpha value is -4.90. The van der Waals surface area contributed by atoms with Gasteiger partial charge in [0.25, 0.3) is 0 Å². The molecule has 2 heterocycles. The van der Waals surface area contributed by atoms with Gasteiger partial charge in [-0.2, -0.15) is 0 Å². The molecule has 5 amide bonds. The van der Waals surface area contributed by atoms with Crippen LogP contribution >= 0.6 is 0 Å². The fourth-order valence-electron chi connectivity index (χ4n) is 4.69. The predicted octanol–water partition coefficient (Wildman–Crippen LogP) is -1.15. The van der Waals surface area contributed by atoms with E-state index in [0.29, 0.717) is 23.0 Å². The van der Waals surface area contributed by atoms with E-state index in [4.69, 9.17) is 10.4 Å². The van der Waals surface area contributed by atoms with E-state index in [1.165, 1.54) is 23.1 Å². The molecule has 2 aromatic carbocycles. The molecule has 0 aromatic heterocycles. The first-order chi connectivity index (χ1) is 19.9. The zero-order valence-electron chi connectivity index (χ0n) is 21.9. The molecule has 2 aromatic rings. The van der Waals surface area contributed by atoms with Gasteiger partial charge in [0.2, 0.25) is 5.91 Å². The Morgan fingerprint density at radius 3 is 2.57 bits per heavy atom. The lowest BCUT2D eigenvalue weighted by Crippen LogP contribution is -2.60. The van der Waals surface area contributed by atoms with Gasteiger partial charge >= 0.3 is 30.9 Å². The maximum atomic E-state index is 15.0. The molecular weight excluding hydrogens is 560 g/mol. The highest BCUT2D eigenvalue weighted by atomic mass is 19.1. The first-order valence-corrected chi connectivity index (χ1v) is 12.8. The average Bonchev–Trinajstić information content (AvgIpc) is 2.92. The molecule has 0 aliphatic carbocycles. The summed E-state index contributed by atoms with van der Waals surface area (Å²) in [7, 11) is -1.77. The average molecular weight is 587 g/mol. The number of hydrogen-bond donors (Lipinski definition) is 7. The fraction of sp³-hybridized carbons (Fsp3) is 0.320. The lowest BCUT2D eigenvalue weighted by Gasteiger charge is -2.34. The Labute approximate surface area is 237 Å². The number of hydrogen-bond acceptors (Lipinski definition) is 10. The second kappa shape index (κ2) is 12.3. The van der Waals surface area contributed by atoms with Crippen molar-refractivity contribution in [1.29, 1.82) is 0 Å². The van der Waals surface area contributed by atoms with Gasteiger partial charge in [0.05, 0.1) is 17.1 Å². The summed E-state index contributed by atoms with van der Waals surface area (Å²) in [5.41, 5.74) is 4.76. The summed E-state index contributed by atoms with van der Waals surface area (Å²) >= 11 is 0. The molecule has 0 saturated carbocycles. The van der Waals surface area contributed by atoms with E-state index in [1.807, 2.05) is 0 Å². The smallest absolute Gasteiger partial charge is 0.534 e. The summed E-state index contributed by atoms with van der Waals surface area (Å²) in [6.45, 7) is 0.193. The number of phenolic OH excluding ortho intramolecular Hbond substituents is 2. The molecule has 1 unspecified atom stereocenters. The van der Waals surface area contributed by atoms with Gasteiger partial charge in [0, 0.05) is 31.8 Å². The van der Waals surface area contributed by atoms with E-state index in [-0.39, 0.29) is 43.9 Å². The van der Waals surface area contributed by atoms with Crippen molar-refractivity contribution < 1.29 is 53.4 Å². The van der Waals surface area contributed by atoms with Crippen molar-refractivity contribution in [2.24, 2.45) is 5.73 Å². The molecule has 222 valence electrons. The Morgan fingerprint density at radius 2 is 1.90 bits per heavy atom. The summed E-state index contributed by atoms with van der Waals surface area (Å²) in [5, 5.41) is 44.5.